The first-order valence-electron chi connectivity index (χ1n) is 5.94. The van der Waals surface area contributed by atoms with Crippen molar-refractivity contribution in [1.29, 1.82) is 0 Å². The van der Waals surface area contributed by atoms with E-state index in [1.165, 1.54) is 6.07 Å². The van der Waals surface area contributed by atoms with Crippen LogP contribution in [0.3, 0.4) is 0 Å². The molecule has 18 heavy (non-hydrogen) atoms. The summed E-state index contributed by atoms with van der Waals surface area (Å²) >= 11 is 5.71. The molecule has 1 aromatic carbocycles. The Morgan fingerprint density at radius 1 is 1.44 bits per heavy atom. The Morgan fingerprint density at radius 2 is 2.28 bits per heavy atom. The highest BCUT2D eigenvalue weighted by Crippen LogP contribution is 2.22. The lowest BCUT2D eigenvalue weighted by Gasteiger charge is -2.10. The third-order valence-corrected chi connectivity index (χ3v) is 2.88. The number of nitrogens with zero attached hydrogens (tertiary/aromatic N) is 2. The quantitative estimate of drug-likeness (QED) is 0.879. The number of unbranched alkanes of at least 4 members (excludes halogenated alkanes) is 1. The Labute approximate surface area is 111 Å². The monoisotopic (exact) mass is 267 g/mol. The van der Waals surface area contributed by atoms with Crippen LogP contribution in [0.2, 0.25) is 5.02 Å². The first kappa shape index (κ1) is 12.9. The maximum absolute atomic E-state index is 13.6. The van der Waals surface area contributed by atoms with E-state index in [4.69, 9.17) is 11.6 Å². The van der Waals surface area contributed by atoms with Crippen molar-refractivity contribution in [3.63, 3.8) is 0 Å². The highest BCUT2D eigenvalue weighted by molar-refractivity contribution is 6.30. The van der Waals surface area contributed by atoms with Crippen molar-refractivity contribution in [3.8, 4) is 0 Å². The molecule has 0 saturated heterocycles. The molecule has 0 spiro atoms. The van der Waals surface area contributed by atoms with E-state index in [0.717, 1.165) is 19.4 Å². The second kappa shape index (κ2) is 5.87. The molecule has 96 valence electrons. The maximum Gasteiger partial charge on any atom is 0.207 e. The lowest BCUT2D eigenvalue weighted by atomic mass is 10.3. The van der Waals surface area contributed by atoms with Gasteiger partial charge in [0.1, 0.15) is 5.82 Å². The number of benzene rings is 1. The standard InChI is InChI=1S/C13H15ClFN3/c1-2-3-7-18-8-6-16-13(18)17-12-5-4-10(14)9-11(12)15/h4-6,8-9H,2-3,7H2,1H3,(H,16,17). The van der Waals surface area contributed by atoms with Crippen molar-refractivity contribution < 1.29 is 4.39 Å². The molecule has 0 saturated carbocycles. The minimum Gasteiger partial charge on any atom is -0.323 e. The third-order valence-electron chi connectivity index (χ3n) is 2.65. The molecule has 1 N–H and O–H groups in total. The van der Waals surface area contributed by atoms with Gasteiger partial charge in [-0.2, -0.15) is 0 Å². The van der Waals surface area contributed by atoms with Gasteiger partial charge in [-0.3, -0.25) is 0 Å². The van der Waals surface area contributed by atoms with E-state index in [1.54, 1.807) is 18.3 Å². The van der Waals surface area contributed by atoms with Crippen LogP contribution in [0.1, 0.15) is 19.8 Å². The highest BCUT2D eigenvalue weighted by atomic mass is 35.5. The Bertz CT molecular complexity index is 525. The molecule has 0 bridgehead atoms. The Morgan fingerprint density at radius 3 is 3.00 bits per heavy atom. The molecule has 0 aliphatic carbocycles. The lowest BCUT2D eigenvalue weighted by molar-refractivity contribution is 0.626. The number of hydrogen-bond acceptors (Lipinski definition) is 2. The Hall–Kier alpha value is -1.55. The van der Waals surface area contributed by atoms with Crippen LogP contribution in [-0.2, 0) is 6.54 Å². The Kier molecular flexibility index (Phi) is 4.20. The maximum atomic E-state index is 13.6. The van der Waals surface area contributed by atoms with E-state index in [2.05, 4.69) is 17.2 Å². The van der Waals surface area contributed by atoms with Crippen molar-refractivity contribution in [1.82, 2.24) is 9.55 Å². The summed E-state index contributed by atoms with van der Waals surface area (Å²) < 4.78 is 15.6. The Balaban J connectivity index is 2.15. The number of hydrogen-bond donors (Lipinski definition) is 1. The summed E-state index contributed by atoms with van der Waals surface area (Å²) in [5, 5.41) is 3.36. The summed E-state index contributed by atoms with van der Waals surface area (Å²) in [7, 11) is 0. The van der Waals surface area contributed by atoms with Crippen LogP contribution in [0.25, 0.3) is 0 Å². The third kappa shape index (κ3) is 3.01. The van der Waals surface area contributed by atoms with Gasteiger partial charge in [-0.15, -0.1) is 0 Å². The van der Waals surface area contributed by atoms with E-state index in [-0.39, 0.29) is 5.82 Å². The minimum absolute atomic E-state index is 0.378. The molecule has 0 fully saturated rings. The number of imidazole rings is 1. The summed E-state index contributed by atoms with van der Waals surface area (Å²) in [6, 6.07) is 4.53. The average molecular weight is 268 g/mol. The van der Waals surface area contributed by atoms with Crippen LogP contribution >= 0.6 is 11.6 Å². The largest absolute Gasteiger partial charge is 0.323 e. The van der Waals surface area contributed by atoms with Crippen molar-refractivity contribution in [2.24, 2.45) is 0 Å². The normalized spacial score (nSPS) is 10.6. The second-order valence-electron chi connectivity index (χ2n) is 4.05. The molecule has 3 nitrogen and oxygen atoms in total. The van der Waals surface area contributed by atoms with Gasteiger partial charge in [-0.05, 0) is 24.6 Å². The van der Waals surface area contributed by atoms with Gasteiger partial charge < -0.3 is 9.88 Å². The summed E-state index contributed by atoms with van der Waals surface area (Å²) in [6.07, 6.45) is 5.75. The fourth-order valence-electron chi connectivity index (χ4n) is 1.65. The number of anilines is 2. The summed E-state index contributed by atoms with van der Waals surface area (Å²) in [6.45, 7) is 3.00. The van der Waals surface area contributed by atoms with E-state index in [0.29, 0.717) is 16.7 Å². The SMILES string of the molecule is CCCCn1ccnc1Nc1ccc(Cl)cc1F. The molecule has 5 heteroatoms. The molecule has 1 aromatic heterocycles. The van der Waals surface area contributed by atoms with Crippen molar-refractivity contribution in [3.05, 3.63) is 41.4 Å². The predicted octanol–water partition coefficient (Wildman–Crippen LogP) is 4.22. The highest BCUT2D eigenvalue weighted by Gasteiger charge is 2.07. The van der Waals surface area contributed by atoms with Gasteiger partial charge in [0.2, 0.25) is 5.95 Å². The molecule has 1 heterocycles. The molecule has 0 radical (unpaired) electrons. The molecule has 2 rings (SSSR count). The zero-order chi connectivity index (χ0) is 13.0. The zero-order valence-electron chi connectivity index (χ0n) is 10.2. The van der Waals surface area contributed by atoms with Gasteiger partial charge in [0.05, 0.1) is 5.69 Å². The first-order chi connectivity index (χ1) is 8.70. The van der Waals surface area contributed by atoms with Crippen LogP contribution in [0.15, 0.2) is 30.6 Å². The topological polar surface area (TPSA) is 29.9 Å². The number of nitrogens with one attached hydrogen (secondary N) is 1. The van der Waals surface area contributed by atoms with Gasteiger partial charge in [0.25, 0.3) is 0 Å². The zero-order valence-corrected chi connectivity index (χ0v) is 10.9. The van der Waals surface area contributed by atoms with Crippen LogP contribution in [0.5, 0.6) is 0 Å². The molecule has 0 amide bonds. The molecular formula is C13H15ClFN3. The predicted molar refractivity (Wildman–Crippen MR) is 71.8 cm³/mol. The van der Waals surface area contributed by atoms with Gasteiger partial charge in [-0.1, -0.05) is 24.9 Å². The van der Waals surface area contributed by atoms with Gasteiger partial charge in [0, 0.05) is 24.0 Å². The van der Waals surface area contributed by atoms with Crippen molar-refractivity contribution in [2.75, 3.05) is 5.32 Å². The van der Waals surface area contributed by atoms with Crippen LogP contribution in [-0.4, -0.2) is 9.55 Å². The first-order valence-corrected chi connectivity index (χ1v) is 6.31. The van der Waals surface area contributed by atoms with E-state index < -0.39 is 0 Å². The fraction of sp³-hybridized carbons (Fsp3) is 0.308. The number of aromatic nitrogens is 2. The van der Waals surface area contributed by atoms with E-state index in [9.17, 15) is 4.39 Å². The minimum atomic E-state index is -0.382. The van der Waals surface area contributed by atoms with Crippen molar-refractivity contribution in [2.45, 2.75) is 26.3 Å². The second-order valence-corrected chi connectivity index (χ2v) is 4.48. The number of aryl methyl sites for hydroxylation is 1. The number of halogens is 2. The summed E-state index contributed by atoms with van der Waals surface area (Å²) in [5.74, 6) is 0.261. The summed E-state index contributed by atoms with van der Waals surface area (Å²) in [4.78, 5) is 4.18. The molecule has 0 aliphatic rings. The average Bonchev–Trinajstić information content (AvgIpc) is 2.77. The molecule has 0 unspecified atom stereocenters. The molecule has 0 atom stereocenters. The summed E-state index contributed by atoms with van der Waals surface area (Å²) in [5.41, 5.74) is 0.378. The fourth-order valence-corrected chi connectivity index (χ4v) is 1.81. The molecular weight excluding hydrogens is 253 g/mol. The van der Waals surface area contributed by atoms with Crippen LogP contribution in [0.4, 0.5) is 16.0 Å². The van der Waals surface area contributed by atoms with E-state index in [1.807, 2.05) is 10.8 Å². The van der Waals surface area contributed by atoms with E-state index >= 15 is 0 Å². The van der Waals surface area contributed by atoms with Gasteiger partial charge in [0.15, 0.2) is 0 Å². The van der Waals surface area contributed by atoms with Crippen LogP contribution < -0.4 is 5.32 Å². The van der Waals surface area contributed by atoms with Crippen LogP contribution in [0, 0.1) is 5.82 Å². The molecule has 2 aromatic rings. The number of rotatable bonds is 5. The smallest absolute Gasteiger partial charge is 0.207 e. The van der Waals surface area contributed by atoms with Gasteiger partial charge >= 0.3 is 0 Å². The van der Waals surface area contributed by atoms with Crippen molar-refractivity contribution >= 4 is 23.2 Å². The molecule has 0 aliphatic heterocycles. The van der Waals surface area contributed by atoms with Gasteiger partial charge in [-0.25, -0.2) is 9.37 Å². The lowest BCUT2D eigenvalue weighted by Crippen LogP contribution is -2.04.